The highest BCUT2D eigenvalue weighted by atomic mass is 19.1. The maximum atomic E-state index is 13.7. The minimum atomic E-state index is -0.226. The molecular formula is C25H29FN6. The van der Waals surface area contributed by atoms with Crippen LogP contribution in [0.4, 0.5) is 16.0 Å². The highest BCUT2D eigenvalue weighted by Gasteiger charge is 2.13. The van der Waals surface area contributed by atoms with Crippen LogP contribution < -0.4 is 5.32 Å². The number of halogens is 1. The summed E-state index contributed by atoms with van der Waals surface area (Å²) in [4.78, 5) is 11.1. The average Bonchev–Trinajstić information content (AvgIpc) is 3.09. The van der Waals surface area contributed by atoms with Gasteiger partial charge in [0.15, 0.2) is 0 Å². The van der Waals surface area contributed by atoms with E-state index in [2.05, 4.69) is 38.8 Å². The zero-order valence-electron chi connectivity index (χ0n) is 19.0. The van der Waals surface area contributed by atoms with E-state index in [9.17, 15) is 4.39 Å². The van der Waals surface area contributed by atoms with Gasteiger partial charge >= 0.3 is 0 Å². The van der Waals surface area contributed by atoms with Crippen molar-refractivity contribution in [1.82, 2.24) is 24.6 Å². The number of aromatic nitrogens is 4. The molecule has 0 radical (unpaired) electrons. The molecule has 3 aromatic rings. The predicted octanol–water partition coefficient (Wildman–Crippen LogP) is 5.57. The number of anilines is 2. The quantitative estimate of drug-likeness (QED) is 0.448. The molecule has 0 saturated carbocycles. The number of allylic oxidation sites excluding steroid dienone is 4. The van der Waals surface area contributed by atoms with Gasteiger partial charge in [-0.05, 0) is 49.4 Å². The van der Waals surface area contributed by atoms with Crippen LogP contribution in [0.3, 0.4) is 0 Å². The summed E-state index contributed by atoms with van der Waals surface area (Å²) in [6, 6.07) is 8.65. The smallest absolute Gasteiger partial charge is 0.227 e. The van der Waals surface area contributed by atoms with E-state index in [1.807, 2.05) is 51.5 Å². The van der Waals surface area contributed by atoms with Crippen LogP contribution in [0.25, 0.3) is 5.57 Å². The number of nitrogens with one attached hydrogen (secondary N) is 1. The van der Waals surface area contributed by atoms with Gasteiger partial charge in [-0.25, -0.2) is 14.4 Å². The Morgan fingerprint density at radius 1 is 1.34 bits per heavy atom. The van der Waals surface area contributed by atoms with Gasteiger partial charge in [-0.15, -0.1) is 0 Å². The molecular weight excluding hydrogens is 403 g/mol. The van der Waals surface area contributed by atoms with Crippen LogP contribution in [0.5, 0.6) is 0 Å². The third-order valence-electron chi connectivity index (χ3n) is 5.33. The van der Waals surface area contributed by atoms with Crippen LogP contribution >= 0.6 is 0 Å². The molecule has 0 bridgehead atoms. The molecule has 6 nitrogen and oxygen atoms in total. The predicted molar refractivity (Wildman–Crippen MR) is 128 cm³/mol. The minimum Gasteiger partial charge on any atom is -0.373 e. The van der Waals surface area contributed by atoms with Gasteiger partial charge in [0.05, 0.1) is 29.3 Å². The van der Waals surface area contributed by atoms with Gasteiger partial charge in [-0.1, -0.05) is 37.8 Å². The van der Waals surface area contributed by atoms with Crippen LogP contribution in [0.1, 0.15) is 36.3 Å². The third kappa shape index (κ3) is 5.49. The number of nitrogens with zero attached hydrogens (tertiary/aromatic N) is 5. The first-order chi connectivity index (χ1) is 15.4. The highest BCUT2D eigenvalue weighted by Crippen LogP contribution is 2.25. The molecule has 2 aromatic heterocycles. The molecule has 0 aliphatic carbocycles. The summed E-state index contributed by atoms with van der Waals surface area (Å²) in [6.45, 7) is 7.89. The standard InChI is InChI=1S/C25H29FN6/c1-6-9-19(13-15-31(4)24(7-2)20-10-8-11-21(26)16-20)22-12-14-27-25(29-22)30-23-17-28-32(5)18(23)3/h6,8-17,24H,1,7H2,2-5H3,(H,27,29,30)/b15-13-,19-9+. The molecule has 0 fully saturated rings. The monoisotopic (exact) mass is 432 g/mol. The van der Waals surface area contributed by atoms with E-state index >= 15 is 0 Å². The SMILES string of the molecule is C=C/C=C(\C=C/N(C)C(CC)c1cccc(F)c1)c1ccnc(Nc2cnn(C)c2C)n1. The molecule has 166 valence electrons. The van der Waals surface area contributed by atoms with Crippen molar-refractivity contribution in [3.8, 4) is 0 Å². The molecule has 1 N–H and O–H groups in total. The van der Waals surface area contributed by atoms with E-state index in [0.717, 1.165) is 34.6 Å². The van der Waals surface area contributed by atoms with Crippen molar-refractivity contribution in [1.29, 1.82) is 0 Å². The van der Waals surface area contributed by atoms with E-state index in [4.69, 9.17) is 0 Å². The second-order valence-electron chi connectivity index (χ2n) is 7.48. The van der Waals surface area contributed by atoms with Crippen molar-refractivity contribution in [2.45, 2.75) is 26.3 Å². The van der Waals surface area contributed by atoms with Crippen LogP contribution in [-0.4, -0.2) is 31.7 Å². The first-order valence-electron chi connectivity index (χ1n) is 10.5. The van der Waals surface area contributed by atoms with Gasteiger partial charge in [-0.3, -0.25) is 4.68 Å². The normalized spacial score (nSPS) is 12.7. The van der Waals surface area contributed by atoms with Crippen LogP contribution in [0.15, 0.2) is 73.7 Å². The summed E-state index contributed by atoms with van der Waals surface area (Å²) in [5.74, 6) is 0.261. The maximum Gasteiger partial charge on any atom is 0.227 e. The van der Waals surface area contributed by atoms with Crippen molar-refractivity contribution in [2.75, 3.05) is 12.4 Å². The van der Waals surface area contributed by atoms with E-state index in [0.29, 0.717) is 5.95 Å². The first kappa shape index (κ1) is 22.9. The molecule has 0 saturated heterocycles. The Bertz CT molecular complexity index is 1130. The summed E-state index contributed by atoms with van der Waals surface area (Å²) >= 11 is 0. The van der Waals surface area contributed by atoms with Crippen molar-refractivity contribution in [3.05, 3.63) is 96.5 Å². The van der Waals surface area contributed by atoms with Gasteiger partial charge in [0.2, 0.25) is 5.95 Å². The number of benzene rings is 1. The molecule has 2 heterocycles. The Morgan fingerprint density at radius 3 is 2.81 bits per heavy atom. The second-order valence-corrected chi connectivity index (χ2v) is 7.48. The Labute approximate surface area is 188 Å². The minimum absolute atomic E-state index is 0.0584. The molecule has 0 amide bonds. The lowest BCUT2D eigenvalue weighted by molar-refractivity contribution is 0.327. The number of aryl methyl sites for hydroxylation is 1. The summed E-state index contributed by atoms with van der Waals surface area (Å²) in [5.41, 5.74) is 4.43. The van der Waals surface area contributed by atoms with Crippen LogP contribution in [0, 0.1) is 12.7 Å². The van der Waals surface area contributed by atoms with Gasteiger partial charge < -0.3 is 10.2 Å². The number of hydrogen-bond donors (Lipinski definition) is 1. The van der Waals surface area contributed by atoms with Gasteiger partial charge in [-0.2, -0.15) is 5.10 Å². The highest BCUT2D eigenvalue weighted by molar-refractivity contribution is 5.73. The van der Waals surface area contributed by atoms with Crippen LogP contribution in [0.2, 0.25) is 0 Å². The fourth-order valence-electron chi connectivity index (χ4n) is 3.45. The van der Waals surface area contributed by atoms with Gasteiger partial charge in [0.1, 0.15) is 5.82 Å². The lowest BCUT2D eigenvalue weighted by Crippen LogP contribution is -2.18. The van der Waals surface area contributed by atoms with E-state index in [1.165, 1.54) is 6.07 Å². The zero-order chi connectivity index (χ0) is 23.1. The summed E-state index contributed by atoms with van der Waals surface area (Å²) in [5, 5.41) is 7.46. The van der Waals surface area contributed by atoms with Crippen molar-refractivity contribution in [3.63, 3.8) is 0 Å². The van der Waals surface area contributed by atoms with Crippen molar-refractivity contribution >= 4 is 17.2 Å². The fourth-order valence-corrected chi connectivity index (χ4v) is 3.45. The van der Waals surface area contributed by atoms with Gasteiger partial charge in [0, 0.05) is 25.9 Å². The van der Waals surface area contributed by atoms with Crippen molar-refractivity contribution in [2.24, 2.45) is 7.05 Å². The summed E-state index contributed by atoms with van der Waals surface area (Å²) in [6.07, 6.45) is 11.9. The molecule has 1 aromatic carbocycles. The van der Waals surface area contributed by atoms with E-state index in [-0.39, 0.29) is 11.9 Å². The lowest BCUT2D eigenvalue weighted by Gasteiger charge is -2.26. The molecule has 1 atom stereocenters. The maximum absolute atomic E-state index is 13.7. The fraction of sp³-hybridized carbons (Fsp3) is 0.240. The topological polar surface area (TPSA) is 58.9 Å². The Kier molecular flexibility index (Phi) is 7.54. The van der Waals surface area contributed by atoms with Gasteiger partial charge in [0.25, 0.3) is 0 Å². The summed E-state index contributed by atoms with van der Waals surface area (Å²) in [7, 11) is 3.87. The molecule has 0 spiro atoms. The lowest BCUT2D eigenvalue weighted by atomic mass is 10.0. The summed E-state index contributed by atoms with van der Waals surface area (Å²) < 4.78 is 15.5. The zero-order valence-corrected chi connectivity index (χ0v) is 19.0. The number of rotatable bonds is 9. The largest absolute Gasteiger partial charge is 0.373 e. The number of hydrogen-bond acceptors (Lipinski definition) is 5. The first-order valence-corrected chi connectivity index (χ1v) is 10.5. The van der Waals surface area contributed by atoms with E-state index in [1.54, 1.807) is 35.3 Å². The Hall–Kier alpha value is -3.74. The molecule has 0 aliphatic rings. The second kappa shape index (κ2) is 10.5. The molecule has 32 heavy (non-hydrogen) atoms. The molecule has 0 aliphatic heterocycles. The van der Waals surface area contributed by atoms with E-state index < -0.39 is 0 Å². The Morgan fingerprint density at radius 2 is 2.16 bits per heavy atom. The van der Waals surface area contributed by atoms with Crippen molar-refractivity contribution < 1.29 is 4.39 Å². The van der Waals surface area contributed by atoms with Crippen LogP contribution in [-0.2, 0) is 7.05 Å². The Balaban J connectivity index is 1.82. The average molecular weight is 433 g/mol. The third-order valence-corrected chi connectivity index (χ3v) is 5.33. The molecule has 3 rings (SSSR count). The molecule has 7 heteroatoms. The molecule has 1 unspecified atom stereocenters.